The van der Waals surface area contributed by atoms with Crippen LogP contribution in [0.5, 0.6) is 17.2 Å². The van der Waals surface area contributed by atoms with Gasteiger partial charge in [0, 0.05) is 16.7 Å². The molecule has 208 valence electrons. The van der Waals surface area contributed by atoms with Crippen molar-refractivity contribution in [2.75, 3.05) is 19.8 Å². The van der Waals surface area contributed by atoms with Gasteiger partial charge in [-0.25, -0.2) is 13.2 Å². The molecule has 0 heterocycles. The predicted molar refractivity (Wildman–Crippen MR) is 136 cm³/mol. The van der Waals surface area contributed by atoms with Crippen molar-refractivity contribution in [3.63, 3.8) is 0 Å². The Kier molecular flexibility index (Phi) is 9.09. The minimum absolute atomic E-state index is 0.0478. The van der Waals surface area contributed by atoms with Gasteiger partial charge in [-0.1, -0.05) is 13.0 Å². The number of benzene rings is 3. The Morgan fingerprint density at radius 1 is 0.641 bits per heavy atom. The Morgan fingerprint density at radius 2 is 1.15 bits per heavy atom. The summed E-state index contributed by atoms with van der Waals surface area (Å²) in [4.78, 5) is 0. The molecule has 0 bridgehead atoms. The van der Waals surface area contributed by atoms with E-state index < -0.39 is 46.0 Å². The molecule has 39 heavy (non-hydrogen) atoms. The molecule has 3 aromatic carbocycles. The van der Waals surface area contributed by atoms with Crippen LogP contribution in [-0.4, -0.2) is 19.8 Å². The second kappa shape index (κ2) is 12.5. The van der Waals surface area contributed by atoms with Crippen molar-refractivity contribution in [1.82, 2.24) is 0 Å². The van der Waals surface area contributed by atoms with E-state index in [0.29, 0.717) is 31.3 Å². The number of ether oxygens (including phenoxy) is 3. The monoisotopic (exact) mass is 550 g/mol. The van der Waals surface area contributed by atoms with E-state index in [4.69, 9.17) is 14.2 Å². The molecule has 1 aliphatic rings. The Hall–Kier alpha value is -3.62. The summed E-state index contributed by atoms with van der Waals surface area (Å²) in [6.45, 7) is 3.91. The molecule has 4 rings (SSSR count). The van der Waals surface area contributed by atoms with Crippen molar-refractivity contribution in [3.8, 4) is 28.4 Å². The van der Waals surface area contributed by atoms with E-state index in [0.717, 1.165) is 24.3 Å². The van der Waals surface area contributed by atoms with Crippen LogP contribution in [-0.2, 0) is 0 Å². The summed E-state index contributed by atoms with van der Waals surface area (Å²) >= 11 is 0. The van der Waals surface area contributed by atoms with Crippen LogP contribution in [0.2, 0.25) is 0 Å². The molecule has 0 spiro atoms. The zero-order valence-electron chi connectivity index (χ0n) is 21.6. The fourth-order valence-electron chi connectivity index (χ4n) is 4.45. The summed E-state index contributed by atoms with van der Waals surface area (Å²) in [5.41, 5.74) is -0.0874. The molecule has 0 saturated heterocycles. The molecular formula is C30H28F6O3. The Morgan fingerprint density at radius 3 is 1.67 bits per heavy atom. The molecule has 9 heteroatoms. The smallest absolute Gasteiger partial charge is 0.201 e. The molecule has 3 nitrogen and oxygen atoms in total. The predicted octanol–water partition coefficient (Wildman–Crippen LogP) is 8.64. The van der Waals surface area contributed by atoms with Gasteiger partial charge in [0.1, 0.15) is 0 Å². The van der Waals surface area contributed by atoms with Crippen LogP contribution in [0, 0.1) is 40.8 Å². The zero-order chi connectivity index (χ0) is 28.1. The van der Waals surface area contributed by atoms with Gasteiger partial charge < -0.3 is 14.2 Å². The van der Waals surface area contributed by atoms with E-state index >= 15 is 0 Å². The van der Waals surface area contributed by atoms with Crippen LogP contribution < -0.4 is 14.2 Å². The summed E-state index contributed by atoms with van der Waals surface area (Å²) in [6, 6.07) is 7.45. The van der Waals surface area contributed by atoms with Crippen molar-refractivity contribution >= 4 is 5.57 Å². The molecule has 0 fully saturated rings. The standard InChI is InChI=1S/C30H28F6O3/c1-3-15-38-23-12-9-19(25(31)29(23)35)18-7-5-17(6-8-18)16-39-24-14-11-21(27(33)30(24)36)20-10-13-22(37-4-2)28(34)26(20)32/h7,9-14,17H,3-6,8,15-16H2,1-2H3. The van der Waals surface area contributed by atoms with E-state index in [1.807, 2.05) is 6.92 Å². The van der Waals surface area contributed by atoms with Crippen LogP contribution in [0.3, 0.4) is 0 Å². The summed E-state index contributed by atoms with van der Waals surface area (Å²) in [5.74, 6) is -8.22. The normalized spacial score (nSPS) is 15.2. The third-order valence-electron chi connectivity index (χ3n) is 6.53. The van der Waals surface area contributed by atoms with Gasteiger partial charge in [-0.15, -0.1) is 0 Å². The quantitative estimate of drug-likeness (QED) is 0.237. The van der Waals surface area contributed by atoms with Gasteiger partial charge in [-0.05, 0) is 80.5 Å². The second-order valence-corrected chi connectivity index (χ2v) is 9.18. The van der Waals surface area contributed by atoms with Crippen molar-refractivity contribution in [3.05, 3.63) is 82.9 Å². The first-order chi connectivity index (χ1) is 18.8. The van der Waals surface area contributed by atoms with Crippen LogP contribution in [0.4, 0.5) is 26.3 Å². The highest BCUT2D eigenvalue weighted by atomic mass is 19.2. The lowest BCUT2D eigenvalue weighted by Gasteiger charge is -2.23. The van der Waals surface area contributed by atoms with Crippen LogP contribution in [0.1, 0.15) is 45.1 Å². The van der Waals surface area contributed by atoms with Crippen molar-refractivity contribution in [2.45, 2.75) is 39.5 Å². The van der Waals surface area contributed by atoms with Crippen molar-refractivity contribution in [2.24, 2.45) is 5.92 Å². The van der Waals surface area contributed by atoms with Crippen molar-refractivity contribution < 1.29 is 40.6 Å². The number of hydrogen-bond donors (Lipinski definition) is 0. The first-order valence-corrected chi connectivity index (χ1v) is 12.8. The third-order valence-corrected chi connectivity index (χ3v) is 6.53. The minimum Gasteiger partial charge on any atom is -0.491 e. The first-order valence-electron chi connectivity index (χ1n) is 12.8. The Balaban J connectivity index is 1.43. The summed E-state index contributed by atoms with van der Waals surface area (Å²) in [6.07, 6.45) is 3.91. The fourth-order valence-corrected chi connectivity index (χ4v) is 4.45. The van der Waals surface area contributed by atoms with E-state index in [2.05, 4.69) is 0 Å². The van der Waals surface area contributed by atoms with Gasteiger partial charge in [0.2, 0.25) is 17.5 Å². The maximum Gasteiger partial charge on any atom is 0.201 e. The highest BCUT2D eigenvalue weighted by Crippen LogP contribution is 2.37. The van der Waals surface area contributed by atoms with Gasteiger partial charge in [-0.3, -0.25) is 0 Å². The summed E-state index contributed by atoms with van der Waals surface area (Å²) in [7, 11) is 0. The zero-order valence-corrected chi connectivity index (χ0v) is 21.6. The van der Waals surface area contributed by atoms with Gasteiger partial charge in [0.25, 0.3) is 0 Å². The minimum atomic E-state index is -1.37. The summed E-state index contributed by atoms with van der Waals surface area (Å²) < 4.78 is 103. The molecule has 0 aliphatic heterocycles. The highest BCUT2D eigenvalue weighted by Gasteiger charge is 2.24. The maximum atomic E-state index is 14.8. The van der Waals surface area contributed by atoms with Crippen LogP contribution in [0.15, 0.2) is 42.5 Å². The molecule has 0 aromatic heterocycles. The first kappa shape index (κ1) is 28.4. The second-order valence-electron chi connectivity index (χ2n) is 9.18. The molecule has 0 saturated carbocycles. The van der Waals surface area contributed by atoms with Gasteiger partial charge in [0.05, 0.1) is 19.8 Å². The Labute approximate surface area is 223 Å². The molecule has 3 aromatic rings. The molecule has 0 radical (unpaired) electrons. The topological polar surface area (TPSA) is 27.7 Å². The molecule has 1 unspecified atom stereocenters. The van der Waals surface area contributed by atoms with E-state index in [1.165, 1.54) is 12.1 Å². The molecule has 1 atom stereocenters. The van der Waals surface area contributed by atoms with Gasteiger partial charge >= 0.3 is 0 Å². The largest absolute Gasteiger partial charge is 0.491 e. The van der Waals surface area contributed by atoms with Crippen LogP contribution >= 0.6 is 0 Å². The Bertz CT molecular complexity index is 1370. The number of allylic oxidation sites excluding steroid dienone is 2. The maximum absolute atomic E-state index is 14.8. The molecule has 1 aliphatic carbocycles. The number of halogens is 6. The highest BCUT2D eigenvalue weighted by molar-refractivity contribution is 5.68. The SMILES string of the molecule is CCCOc1ccc(C2=CCC(COc3ccc(-c4ccc(OCC)c(F)c4F)c(F)c3F)CC2)c(F)c1F. The lowest BCUT2D eigenvalue weighted by atomic mass is 9.87. The average Bonchev–Trinajstić information content (AvgIpc) is 2.94. The van der Waals surface area contributed by atoms with E-state index in [-0.39, 0.29) is 48.6 Å². The van der Waals surface area contributed by atoms with Gasteiger partial charge in [0.15, 0.2) is 34.7 Å². The van der Waals surface area contributed by atoms with E-state index in [9.17, 15) is 26.3 Å². The summed E-state index contributed by atoms with van der Waals surface area (Å²) in [5, 5.41) is 0. The lowest BCUT2D eigenvalue weighted by Crippen LogP contribution is -2.16. The third kappa shape index (κ3) is 6.02. The van der Waals surface area contributed by atoms with E-state index in [1.54, 1.807) is 13.0 Å². The van der Waals surface area contributed by atoms with Gasteiger partial charge in [-0.2, -0.15) is 13.2 Å². The van der Waals surface area contributed by atoms with Crippen LogP contribution in [0.25, 0.3) is 16.7 Å². The fraction of sp³-hybridized carbons (Fsp3) is 0.333. The molecule has 0 amide bonds. The molecule has 0 N–H and O–H groups in total. The van der Waals surface area contributed by atoms with Crippen molar-refractivity contribution in [1.29, 1.82) is 0 Å². The number of rotatable bonds is 10. The molecular weight excluding hydrogens is 522 g/mol. The average molecular weight is 551 g/mol. The lowest BCUT2D eigenvalue weighted by molar-refractivity contribution is 0.228. The number of hydrogen-bond acceptors (Lipinski definition) is 3.